The van der Waals surface area contributed by atoms with Gasteiger partial charge in [-0.2, -0.15) is 0 Å². The molecule has 0 radical (unpaired) electrons. The Hall–Kier alpha value is -1.32. The first-order valence-corrected chi connectivity index (χ1v) is 3.79. The Morgan fingerprint density at radius 1 is 1.42 bits per heavy atom. The molecule has 0 saturated heterocycles. The zero-order chi connectivity index (χ0) is 9.40. The van der Waals surface area contributed by atoms with E-state index in [4.69, 9.17) is 0 Å². The number of carbonyl (C=O) groups is 2. The minimum Gasteiger partial charge on any atom is -0.338 e. The molecule has 4 heteroatoms. The van der Waals surface area contributed by atoms with Gasteiger partial charge in [0.05, 0.1) is 0 Å². The standard InChI is InChI=1S/C8H14N2O2/c1-3-5-9-8(12)10-6-4-7(2)11/h3H,1,4-6H2,2H3,(H2,9,10,12). The SMILES string of the molecule is C=CCNC(=O)NCCC(C)=O. The summed E-state index contributed by atoms with van der Waals surface area (Å²) in [6.45, 7) is 5.76. The van der Waals surface area contributed by atoms with E-state index < -0.39 is 0 Å². The molecule has 0 rings (SSSR count). The van der Waals surface area contributed by atoms with Gasteiger partial charge in [0.25, 0.3) is 0 Å². The van der Waals surface area contributed by atoms with Gasteiger partial charge >= 0.3 is 6.03 Å². The summed E-state index contributed by atoms with van der Waals surface area (Å²) in [5, 5.41) is 5.06. The van der Waals surface area contributed by atoms with E-state index in [1.54, 1.807) is 6.08 Å². The highest BCUT2D eigenvalue weighted by atomic mass is 16.2. The smallest absolute Gasteiger partial charge is 0.315 e. The van der Waals surface area contributed by atoms with E-state index in [1.807, 2.05) is 0 Å². The lowest BCUT2D eigenvalue weighted by molar-refractivity contribution is -0.116. The van der Waals surface area contributed by atoms with Crippen molar-refractivity contribution >= 4 is 11.8 Å². The predicted molar refractivity (Wildman–Crippen MR) is 46.9 cm³/mol. The summed E-state index contributed by atoms with van der Waals surface area (Å²) >= 11 is 0. The first-order valence-electron chi connectivity index (χ1n) is 3.79. The van der Waals surface area contributed by atoms with Gasteiger partial charge in [0.15, 0.2) is 0 Å². The minimum absolute atomic E-state index is 0.0685. The Kier molecular flexibility index (Phi) is 5.69. The number of carbonyl (C=O) groups excluding carboxylic acids is 2. The second kappa shape index (κ2) is 6.39. The van der Waals surface area contributed by atoms with E-state index in [0.717, 1.165) is 0 Å². The molecule has 4 nitrogen and oxygen atoms in total. The van der Waals surface area contributed by atoms with Gasteiger partial charge in [-0.05, 0) is 6.92 Å². The molecule has 0 spiro atoms. The van der Waals surface area contributed by atoms with Gasteiger partial charge in [-0.1, -0.05) is 6.08 Å². The number of amides is 2. The molecule has 12 heavy (non-hydrogen) atoms. The second-order valence-electron chi connectivity index (χ2n) is 2.38. The van der Waals surface area contributed by atoms with Crippen LogP contribution in [0, 0.1) is 0 Å². The average Bonchev–Trinajstić information content (AvgIpc) is 2.00. The topological polar surface area (TPSA) is 58.2 Å². The molecule has 0 fully saturated rings. The van der Waals surface area contributed by atoms with Crippen LogP contribution >= 0.6 is 0 Å². The molecule has 0 heterocycles. The van der Waals surface area contributed by atoms with Crippen molar-refractivity contribution in [2.45, 2.75) is 13.3 Å². The van der Waals surface area contributed by atoms with Gasteiger partial charge in [-0.15, -0.1) is 6.58 Å². The second-order valence-corrected chi connectivity index (χ2v) is 2.38. The quantitative estimate of drug-likeness (QED) is 0.588. The molecule has 0 aromatic carbocycles. The lowest BCUT2D eigenvalue weighted by atomic mass is 10.3. The molecular weight excluding hydrogens is 156 g/mol. The monoisotopic (exact) mass is 170 g/mol. The average molecular weight is 170 g/mol. The third-order valence-electron chi connectivity index (χ3n) is 1.17. The number of nitrogens with one attached hydrogen (secondary N) is 2. The van der Waals surface area contributed by atoms with Crippen molar-refractivity contribution < 1.29 is 9.59 Å². The molecule has 0 aliphatic rings. The van der Waals surface area contributed by atoms with Crippen LogP contribution in [0.3, 0.4) is 0 Å². The maximum Gasteiger partial charge on any atom is 0.315 e. The fourth-order valence-corrected chi connectivity index (χ4v) is 0.579. The predicted octanol–water partition coefficient (Wildman–Crippen LogP) is 0.451. The van der Waals surface area contributed by atoms with Gasteiger partial charge in [0.2, 0.25) is 0 Å². The van der Waals surface area contributed by atoms with Crippen LogP contribution in [0.15, 0.2) is 12.7 Å². The third kappa shape index (κ3) is 6.80. The van der Waals surface area contributed by atoms with Crippen molar-refractivity contribution in [3.05, 3.63) is 12.7 Å². The van der Waals surface area contributed by atoms with Crippen LogP contribution in [-0.4, -0.2) is 24.9 Å². The molecular formula is C8H14N2O2. The number of Topliss-reactive ketones (excluding diaryl/α,β-unsaturated/α-hetero) is 1. The van der Waals surface area contributed by atoms with E-state index in [1.165, 1.54) is 6.92 Å². The number of hydrogen-bond acceptors (Lipinski definition) is 2. The molecule has 0 aliphatic carbocycles. The summed E-state index contributed by atoms with van der Waals surface area (Å²) in [5.41, 5.74) is 0. The summed E-state index contributed by atoms with van der Waals surface area (Å²) in [7, 11) is 0. The van der Waals surface area contributed by atoms with E-state index in [-0.39, 0.29) is 11.8 Å². The van der Waals surface area contributed by atoms with Crippen molar-refractivity contribution in [1.29, 1.82) is 0 Å². The van der Waals surface area contributed by atoms with Crippen LogP contribution in [0.1, 0.15) is 13.3 Å². The van der Waals surface area contributed by atoms with Crippen LogP contribution in [0.2, 0.25) is 0 Å². The van der Waals surface area contributed by atoms with Gasteiger partial charge < -0.3 is 10.6 Å². The maximum atomic E-state index is 10.8. The van der Waals surface area contributed by atoms with E-state index in [2.05, 4.69) is 17.2 Å². The fraction of sp³-hybridized carbons (Fsp3) is 0.500. The van der Waals surface area contributed by atoms with Crippen molar-refractivity contribution in [3.8, 4) is 0 Å². The summed E-state index contributed by atoms with van der Waals surface area (Å²) < 4.78 is 0. The molecule has 2 N–H and O–H groups in total. The zero-order valence-electron chi connectivity index (χ0n) is 7.22. The molecule has 2 amide bonds. The van der Waals surface area contributed by atoms with Crippen molar-refractivity contribution in [2.24, 2.45) is 0 Å². The lowest BCUT2D eigenvalue weighted by Gasteiger charge is -2.03. The largest absolute Gasteiger partial charge is 0.338 e. The van der Waals surface area contributed by atoms with Crippen molar-refractivity contribution in [2.75, 3.05) is 13.1 Å². The van der Waals surface area contributed by atoms with Gasteiger partial charge in [-0.3, -0.25) is 4.79 Å². The van der Waals surface area contributed by atoms with E-state index in [9.17, 15) is 9.59 Å². The highest BCUT2D eigenvalue weighted by Crippen LogP contribution is 1.77. The summed E-state index contributed by atoms with van der Waals surface area (Å²) in [4.78, 5) is 21.3. The molecule has 0 bridgehead atoms. The third-order valence-corrected chi connectivity index (χ3v) is 1.17. The Morgan fingerprint density at radius 3 is 2.58 bits per heavy atom. The number of ketones is 1. The van der Waals surface area contributed by atoms with Crippen LogP contribution < -0.4 is 10.6 Å². The van der Waals surface area contributed by atoms with Crippen LogP contribution in [-0.2, 0) is 4.79 Å². The lowest BCUT2D eigenvalue weighted by Crippen LogP contribution is -2.36. The first kappa shape index (κ1) is 10.7. The molecule has 0 saturated carbocycles. The maximum absolute atomic E-state index is 10.8. The van der Waals surface area contributed by atoms with Crippen LogP contribution in [0.4, 0.5) is 4.79 Å². The summed E-state index contributed by atoms with van der Waals surface area (Å²) in [6, 6.07) is -0.267. The van der Waals surface area contributed by atoms with E-state index >= 15 is 0 Å². The Bertz CT molecular complexity index is 178. The number of urea groups is 1. The normalized spacial score (nSPS) is 8.75. The first-order chi connectivity index (χ1) is 5.66. The number of hydrogen-bond donors (Lipinski definition) is 2. The fourth-order valence-electron chi connectivity index (χ4n) is 0.579. The highest BCUT2D eigenvalue weighted by Gasteiger charge is 1.97. The van der Waals surface area contributed by atoms with Gasteiger partial charge in [0.1, 0.15) is 5.78 Å². The van der Waals surface area contributed by atoms with Gasteiger partial charge in [0, 0.05) is 19.5 Å². The van der Waals surface area contributed by atoms with E-state index in [0.29, 0.717) is 19.5 Å². The Labute approximate surface area is 72.0 Å². The molecule has 0 aliphatic heterocycles. The van der Waals surface area contributed by atoms with Crippen LogP contribution in [0.5, 0.6) is 0 Å². The number of rotatable bonds is 5. The molecule has 0 unspecified atom stereocenters. The Balaban J connectivity index is 3.31. The summed E-state index contributed by atoms with van der Waals surface area (Å²) in [6.07, 6.45) is 1.96. The molecule has 0 aromatic rings. The minimum atomic E-state index is -0.267. The van der Waals surface area contributed by atoms with Gasteiger partial charge in [-0.25, -0.2) is 4.79 Å². The van der Waals surface area contributed by atoms with Crippen LogP contribution in [0.25, 0.3) is 0 Å². The molecule has 68 valence electrons. The van der Waals surface area contributed by atoms with Crippen molar-refractivity contribution in [3.63, 3.8) is 0 Å². The Morgan fingerprint density at radius 2 is 2.08 bits per heavy atom. The zero-order valence-corrected chi connectivity index (χ0v) is 7.22. The van der Waals surface area contributed by atoms with Crippen molar-refractivity contribution in [1.82, 2.24) is 10.6 Å². The summed E-state index contributed by atoms with van der Waals surface area (Å²) in [5.74, 6) is 0.0685. The molecule has 0 aromatic heterocycles. The molecule has 0 atom stereocenters. The highest BCUT2D eigenvalue weighted by molar-refractivity contribution is 5.77.